The quantitative estimate of drug-likeness (QED) is 0.848. The molecule has 0 aliphatic rings. The molecule has 0 aromatic carbocycles. The number of hydrogen-bond acceptors (Lipinski definition) is 4. The topological polar surface area (TPSA) is 28.2 Å². The Labute approximate surface area is 125 Å². The number of pyridine rings is 1. The number of hydrogen-bond donors (Lipinski definition) is 1. The lowest BCUT2D eigenvalue weighted by Gasteiger charge is -2.18. The fourth-order valence-electron chi connectivity index (χ4n) is 2.15. The van der Waals surface area contributed by atoms with Crippen molar-refractivity contribution in [2.24, 2.45) is 0 Å². The van der Waals surface area contributed by atoms with E-state index in [1.54, 1.807) is 0 Å². The van der Waals surface area contributed by atoms with Gasteiger partial charge in [0.1, 0.15) is 0 Å². The normalized spacial score (nSPS) is 12.8. The third kappa shape index (κ3) is 4.71. The van der Waals surface area contributed by atoms with E-state index in [1.807, 2.05) is 24.3 Å². The molecule has 0 bridgehead atoms. The van der Waals surface area contributed by atoms with Gasteiger partial charge >= 0.3 is 0 Å². The Kier molecular flexibility index (Phi) is 5.71. The van der Waals surface area contributed by atoms with Gasteiger partial charge in [0.15, 0.2) is 0 Å². The Hall–Kier alpha value is -1.23. The molecule has 1 atom stereocenters. The standard InChI is InChI=1S/C16H23N3S/c1-13-6-4-7-15(18-13)12-19(3)10-9-17-14(2)16-8-5-11-20-16/h4-8,11,14,17H,9-10,12H2,1-3H3. The van der Waals surface area contributed by atoms with Crippen molar-refractivity contribution in [3.8, 4) is 0 Å². The highest BCUT2D eigenvalue weighted by Gasteiger charge is 2.06. The van der Waals surface area contributed by atoms with Crippen LogP contribution < -0.4 is 5.32 Å². The van der Waals surface area contributed by atoms with Crippen LogP contribution in [0.1, 0.15) is 29.2 Å². The zero-order valence-corrected chi connectivity index (χ0v) is 13.3. The molecule has 0 saturated carbocycles. The summed E-state index contributed by atoms with van der Waals surface area (Å²) in [4.78, 5) is 8.23. The van der Waals surface area contributed by atoms with Crippen LogP contribution in [0.2, 0.25) is 0 Å². The predicted molar refractivity (Wildman–Crippen MR) is 86.0 cm³/mol. The summed E-state index contributed by atoms with van der Waals surface area (Å²) >= 11 is 1.81. The molecule has 0 fully saturated rings. The molecule has 0 amide bonds. The monoisotopic (exact) mass is 289 g/mol. The molecule has 20 heavy (non-hydrogen) atoms. The number of aryl methyl sites for hydroxylation is 1. The van der Waals surface area contributed by atoms with E-state index in [0.29, 0.717) is 6.04 Å². The van der Waals surface area contributed by atoms with Gasteiger partial charge < -0.3 is 5.32 Å². The van der Waals surface area contributed by atoms with Gasteiger partial charge in [-0.25, -0.2) is 0 Å². The Morgan fingerprint density at radius 3 is 2.85 bits per heavy atom. The molecular formula is C16H23N3S. The van der Waals surface area contributed by atoms with Crippen LogP contribution in [0.25, 0.3) is 0 Å². The van der Waals surface area contributed by atoms with Crippen molar-refractivity contribution in [2.75, 3.05) is 20.1 Å². The Morgan fingerprint density at radius 1 is 1.30 bits per heavy atom. The smallest absolute Gasteiger partial charge is 0.0547 e. The van der Waals surface area contributed by atoms with Crippen LogP contribution in [0, 0.1) is 6.92 Å². The number of rotatable bonds is 7. The van der Waals surface area contributed by atoms with Gasteiger partial charge in [0, 0.05) is 36.2 Å². The molecule has 3 nitrogen and oxygen atoms in total. The summed E-state index contributed by atoms with van der Waals surface area (Å²) in [5, 5.41) is 5.69. The molecule has 1 unspecified atom stereocenters. The molecule has 2 heterocycles. The highest BCUT2D eigenvalue weighted by Crippen LogP contribution is 2.17. The van der Waals surface area contributed by atoms with Gasteiger partial charge in [0.05, 0.1) is 5.69 Å². The molecule has 0 aliphatic carbocycles. The Bertz CT molecular complexity index is 510. The van der Waals surface area contributed by atoms with Gasteiger partial charge in [-0.2, -0.15) is 0 Å². The molecule has 2 aromatic rings. The molecule has 1 N–H and O–H groups in total. The molecule has 0 spiro atoms. The van der Waals surface area contributed by atoms with Gasteiger partial charge in [-0.05, 0) is 44.5 Å². The van der Waals surface area contributed by atoms with Crippen LogP contribution >= 0.6 is 11.3 Å². The van der Waals surface area contributed by atoms with Crippen LogP contribution in [0.15, 0.2) is 35.7 Å². The summed E-state index contributed by atoms with van der Waals surface area (Å²) in [5.41, 5.74) is 2.22. The first-order chi connectivity index (χ1) is 9.65. The van der Waals surface area contributed by atoms with Crippen molar-refractivity contribution in [3.63, 3.8) is 0 Å². The molecule has 0 saturated heterocycles. The van der Waals surface area contributed by atoms with E-state index >= 15 is 0 Å². The van der Waals surface area contributed by atoms with Crippen LogP contribution in [0.4, 0.5) is 0 Å². The van der Waals surface area contributed by atoms with E-state index < -0.39 is 0 Å². The SMILES string of the molecule is Cc1cccc(CN(C)CCNC(C)c2cccs2)n1. The molecular weight excluding hydrogens is 266 g/mol. The van der Waals surface area contributed by atoms with E-state index in [9.17, 15) is 0 Å². The zero-order chi connectivity index (χ0) is 14.4. The predicted octanol–water partition coefficient (Wildman–Crippen LogP) is 3.23. The highest BCUT2D eigenvalue weighted by molar-refractivity contribution is 7.10. The number of nitrogens with zero attached hydrogens (tertiary/aromatic N) is 2. The molecule has 2 rings (SSSR count). The Morgan fingerprint density at radius 2 is 2.15 bits per heavy atom. The zero-order valence-electron chi connectivity index (χ0n) is 12.5. The first-order valence-electron chi connectivity index (χ1n) is 7.03. The first-order valence-corrected chi connectivity index (χ1v) is 7.91. The van der Waals surface area contributed by atoms with Gasteiger partial charge in [0.25, 0.3) is 0 Å². The van der Waals surface area contributed by atoms with E-state index in [2.05, 4.69) is 58.8 Å². The van der Waals surface area contributed by atoms with E-state index in [1.165, 1.54) is 4.88 Å². The van der Waals surface area contributed by atoms with Gasteiger partial charge in [-0.1, -0.05) is 12.1 Å². The number of aromatic nitrogens is 1. The second kappa shape index (κ2) is 7.53. The average molecular weight is 289 g/mol. The van der Waals surface area contributed by atoms with E-state index in [0.717, 1.165) is 31.0 Å². The summed E-state index contributed by atoms with van der Waals surface area (Å²) in [6.45, 7) is 7.16. The molecule has 4 heteroatoms. The first kappa shape index (κ1) is 15.2. The average Bonchev–Trinajstić information content (AvgIpc) is 2.92. The summed E-state index contributed by atoms with van der Waals surface area (Å²) < 4.78 is 0. The molecule has 108 valence electrons. The van der Waals surface area contributed by atoms with Crippen molar-refractivity contribution in [1.82, 2.24) is 15.2 Å². The summed E-state index contributed by atoms with van der Waals surface area (Å²) in [5.74, 6) is 0. The van der Waals surface area contributed by atoms with Gasteiger partial charge in [-0.15, -0.1) is 11.3 Å². The fraction of sp³-hybridized carbons (Fsp3) is 0.438. The maximum absolute atomic E-state index is 4.54. The number of nitrogens with one attached hydrogen (secondary N) is 1. The minimum Gasteiger partial charge on any atom is -0.308 e. The van der Waals surface area contributed by atoms with Crippen molar-refractivity contribution in [3.05, 3.63) is 52.0 Å². The lowest BCUT2D eigenvalue weighted by Crippen LogP contribution is -2.30. The summed E-state index contributed by atoms with van der Waals surface area (Å²) in [7, 11) is 2.14. The van der Waals surface area contributed by atoms with Crippen molar-refractivity contribution >= 4 is 11.3 Å². The fourth-order valence-corrected chi connectivity index (χ4v) is 2.91. The van der Waals surface area contributed by atoms with Crippen molar-refractivity contribution in [1.29, 1.82) is 0 Å². The third-order valence-corrected chi connectivity index (χ3v) is 4.35. The van der Waals surface area contributed by atoms with Crippen molar-refractivity contribution < 1.29 is 0 Å². The third-order valence-electron chi connectivity index (χ3n) is 3.29. The van der Waals surface area contributed by atoms with E-state index in [4.69, 9.17) is 0 Å². The molecule has 0 radical (unpaired) electrons. The lowest BCUT2D eigenvalue weighted by atomic mass is 10.2. The van der Waals surface area contributed by atoms with Crippen LogP contribution in [-0.2, 0) is 6.54 Å². The molecule has 2 aromatic heterocycles. The largest absolute Gasteiger partial charge is 0.308 e. The van der Waals surface area contributed by atoms with Crippen molar-refractivity contribution in [2.45, 2.75) is 26.4 Å². The lowest BCUT2D eigenvalue weighted by molar-refractivity contribution is 0.315. The summed E-state index contributed by atoms with van der Waals surface area (Å²) in [6, 6.07) is 10.9. The maximum atomic E-state index is 4.54. The minimum absolute atomic E-state index is 0.431. The number of thiophene rings is 1. The second-order valence-corrected chi connectivity index (χ2v) is 6.18. The minimum atomic E-state index is 0.431. The Balaban J connectivity index is 1.71. The van der Waals surface area contributed by atoms with E-state index in [-0.39, 0.29) is 0 Å². The van der Waals surface area contributed by atoms with Crippen LogP contribution in [0.3, 0.4) is 0 Å². The van der Waals surface area contributed by atoms with Gasteiger partial charge in [0.2, 0.25) is 0 Å². The number of likely N-dealkylation sites (N-methyl/N-ethyl adjacent to an activating group) is 1. The van der Waals surface area contributed by atoms with Crippen LogP contribution in [-0.4, -0.2) is 30.0 Å². The second-order valence-electron chi connectivity index (χ2n) is 5.20. The molecule has 0 aliphatic heterocycles. The van der Waals surface area contributed by atoms with Gasteiger partial charge in [-0.3, -0.25) is 9.88 Å². The maximum Gasteiger partial charge on any atom is 0.0547 e. The van der Waals surface area contributed by atoms with Crippen LogP contribution in [0.5, 0.6) is 0 Å². The highest BCUT2D eigenvalue weighted by atomic mass is 32.1. The summed E-state index contributed by atoms with van der Waals surface area (Å²) in [6.07, 6.45) is 0.